The third-order valence-electron chi connectivity index (χ3n) is 2.48. The molecule has 0 saturated heterocycles. The first kappa shape index (κ1) is 13.3. The number of carboxylic acids is 1. The molecule has 0 atom stereocenters. The van der Waals surface area contributed by atoms with E-state index in [1.807, 2.05) is 6.92 Å². The van der Waals surface area contributed by atoms with Crippen molar-refractivity contribution >= 4 is 23.2 Å². The molecule has 0 unspecified atom stereocenters. The van der Waals surface area contributed by atoms with Crippen molar-refractivity contribution in [2.45, 2.75) is 19.9 Å². The van der Waals surface area contributed by atoms with Crippen LogP contribution in [0.2, 0.25) is 0 Å². The number of carboxylic acid groups (broad SMARTS) is 1. The van der Waals surface area contributed by atoms with Crippen molar-refractivity contribution in [2.24, 2.45) is 0 Å². The van der Waals surface area contributed by atoms with E-state index in [1.165, 1.54) is 23.0 Å². The normalized spacial score (nSPS) is 10.4. The number of hydrogen-bond acceptors (Lipinski definition) is 5. The zero-order valence-corrected chi connectivity index (χ0v) is 11.0. The molecule has 0 bridgehead atoms. The lowest BCUT2D eigenvalue weighted by molar-refractivity contribution is 0.0691. The Hall–Kier alpha value is -2.15. The summed E-state index contributed by atoms with van der Waals surface area (Å²) in [6.45, 7) is 2.10. The molecule has 0 aromatic carbocycles. The summed E-state index contributed by atoms with van der Waals surface area (Å²) in [5, 5.41) is 13.4. The summed E-state index contributed by atoms with van der Waals surface area (Å²) in [6, 6.07) is 1.61. The number of rotatable bonds is 5. The fourth-order valence-electron chi connectivity index (χ4n) is 1.56. The number of carbonyl (C=O) groups excluding carboxylic acids is 1. The molecule has 0 fully saturated rings. The van der Waals surface area contributed by atoms with Crippen LogP contribution in [-0.4, -0.2) is 22.0 Å². The van der Waals surface area contributed by atoms with E-state index >= 15 is 0 Å². The van der Waals surface area contributed by atoms with E-state index in [-0.39, 0.29) is 18.1 Å². The molecule has 2 aromatic rings. The van der Waals surface area contributed by atoms with Gasteiger partial charge in [-0.2, -0.15) is 0 Å². The molecular weight excluding hydrogens is 268 g/mol. The molecule has 6 nitrogen and oxygen atoms in total. The Morgan fingerprint density at radius 1 is 1.53 bits per heavy atom. The molecule has 0 aliphatic rings. The number of thiazole rings is 1. The first-order chi connectivity index (χ1) is 9.11. The van der Waals surface area contributed by atoms with Gasteiger partial charge in [0.05, 0.1) is 18.4 Å². The van der Waals surface area contributed by atoms with Gasteiger partial charge in [-0.25, -0.2) is 9.78 Å². The van der Waals surface area contributed by atoms with Gasteiger partial charge in [0.1, 0.15) is 10.8 Å². The molecule has 2 heterocycles. The predicted octanol–water partition coefficient (Wildman–Crippen LogP) is 1.93. The van der Waals surface area contributed by atoms with Crippen LogP contribution in [0.15, 0.2) is 22.1 Å². The number of furan rings is 1. The molecule has 0 aliphatic heterocycles. The zero-order chi connectivity index (χ0) is 13.8. The molecule has 0 aliphatic carbocycles. The van der Waals surface area contributed by atoms with Crippen molar-refractivity contribution in [2.75, 3.05) is 0 Å². The van der Waals surface area contributed by atoms with E-state index < -0.39 is 5.97 Å². The lowest BCUT2D eigenvalue weighted by Crippen LogP contribution is -2.23. The molecule has 2 N–H and O–H groups in total. The number of hydrogen-bond donors (Lipinski definition) is 2. The Kier molecular flexibility index (Phi) is 3.96. The lowest BCUT2D eigenvalue weighted by atomic mass is 10.2. The Labute approximate surface area is 113 Å². The highest BCUT2D eigenvalue weighted by Gasteiger charge is 2.14. The van der Waals surface area contributed by atoms with Crippen LogP contribution in [0.3, 0.4) is 0 Å². The van der Waals surface area contributed by atoms with Crippen molar-refractivity contribution in [3.8, 4) is 0 Å². The third kappa shape index (κ3) is 3.00. The molecule has 0 spiro atoms. The summed E-state index contributed by atoms with van der Waals surface area (Å²) in [5.41, 5.74) is 0.490. The Balaban J connectivity index is 1.98. The number of nitrogens with zero attached hydrogens (tertiary/aromatic N) is 1. The van der Waals surface area contributed by atoms with Crippen LogP contribution in [0.1, 0.15) is 38.5 Å². The highest BCUT2D eigenvalue weighted by atomic mass is 32.1. The van der Waals surface area contributed by atoms with Crippen molar-refractivity contribution in [3.63, 3.8) is 0 Å². The van der Waals surface area contributed by atoms with E-state index in [0.29, 0.717) is 22.8 Å². The SMILES string of the molecule is CCc1occc1C(=O)NCc1nc(C(=O)O)cs1. The molecule has 19 heavy (non-hydrogen) atoms. The monoisotopic (exact) mass is 280 g/mol. The van der Waals surface area contributed by atoms with E-state index in [9.17, 15) is 9.59 Å². The molecule has 0 saturated carbocycles. The predicted molar refractivity (Wildman–Crippen MR) is 68.3 cm³/mol. The van der Waals surface area contributed by atoms with Gasteiger partial charge in [-0.1, -0.05) is 6.92 Å². The zero-order valence-electron chi connectivity index (χ0n) is 10.2. The summed E-state index contributed by atoms with van der Waals surface area (Å²) < 4.78 is 5.17. The fraction of sp³-hybridized carbons (Fsp3) is 0.250. The van der Waals surface area contributed by atoms with Gasteiger partial charge in [-0.05, 0) is 6.07 Å². The summed E-state index contributed by atoms with van der Waals surface area (Å²) >= 11 is 1.20. The van der Waals surface area contributed by atoms with Crippen molar-refractivity contribution in [1.82, 2.24) is 10.3 Å². The second-order valence-electron chi connectivity index (χ2n) is 3.73. The van der Waals surface area contributed by atoms with E-state index in [4.69, 9.17) is 9.52 Å². The van der Waals surface area contributed by atoms with E-state index in [2.05, 4.69) is 10.3 Å². The summed E-state index contributed by atoms with van der Waals surface area (Å²) in [7, 11) is 0. The van der Waals surface area contributed by atoms with Gasteiger partial charge in [0.15, 0.2) is 5.69 Å². The summed E-state index contributed by atoms with van der Waals surface area (Å²) in [5.74, 6) is -0.697. The molecule has 2 aromatic heterocycles. The Morgan fingerprint density at radius 3 is 2.95 bits per heavy atom. The average molecular weight is 280 g/mol. The minimum Gasteiger partial charge on any atom is -0.476 e. The first-order valence-corrected chi connectivity index (χ1v) is 6.52. The second-order valence-corrected chi connectivity index (χ2v) is 4.67. The van der Waals surface area contributed by atoms with E-state index in [0.717, 1.165) is 0 Å². The van der Waals surface area contributed by atoms with Gasteiger partial charge in [0.2, 0.25) is 0 Å². The van der Waals surface area contributed by atoms with Crippen molar-refractivity contribution in [3.05, 3.63) is 39.7 Å². The maximum atomic E-state index is 11.9. The maximum absolute atomic E-state index is 11.9. The lowest BCUT2D eigenvalue weighted by Gasteiger charge is -2.02. The number of aromatic nitrogens is 1. The van der Waals surface area contributed by atoms with Crippen LogP contribution >= 0.6 is 11.3 Å². The maximum Gasteiger partial charge on any atom is 0.355 e. The van der Waals surface area contributed by atoms with Crippen LogP contribution in [-0.2, 0) is 13.0 Å². The van der Waals surface area contributed by atoms with Gasteiger partial charge < -0.3 is 14.8 Å². The van der Waals surface area contributed by atoms with E-state index in [1.54, 1.807) is 6.07 Å². The van der Waals surface area contributed by atoms with Gasteiger partial charge >= 0.3 is 5.97 Å². The van der Waals surface area contributed by atoms with Crippen LogP contribution in [0.25, 0.3) is 0 Å². The molecule has 1 amide bonds. The minimum absolute atomic E-state index is 0.00759. The molecular formula is C12H12N2O4S. The Morgan fingerprint density at radius 2 is 2.32 bits per heavy atom. The van der Waals surface area contributed by atoms with Crippen molar-refractivity contribution in [1.29, 1.82) is 0 Å². The fourth-order valence-corrected chi connectivity index (χ4v) is 2.27. The van der Waals surface area contributed by atoms with Crippen molar-refractivity contribution < 1.29 is 19.1 Å². The van der Waals surface area contributed by atoms with Crippen LogP contribution in [0.4, 0.5) is 0 Å². The largest absolute Gasteiger partial charge is 0.476 e. The number of aromatic carboxylic acids is 1. The summed E-state index contributed by atoms with van der Waals surface area (Å²) in [6.07, 6.45) is 2.11. The molecule has 100 valence electrons. The quantitative estimate of drug-likeness (QED) is 0.873. The van der Waals surface area contributed by atoms with Gasteiger partial charge in [0, 0.05) is 11.8 Å². The summed E-state index contributed by atoms with van der Waals surface area (Å²) in [4.78, 5) is 26.4. The molecule has 7 heteroatoms. The number of amides is 1. The van der Waals surface area contributed by atoms with Gasteiger partial charge in [-0.3, -0.25) is 4.79 Å². The number of carbonyl (C=O) groups is 2. The molecule has 0 radical (unpaired) electrons. The highest BCUT2D eigenvalue weighted by Crippen LogP contribution is 2.12. The van der Waals surface area contributed by atoms with Crippen LogP contribution in [0.5, 0.6) is 0 Å². The number of aryl methyl sites for hydroxylation is 1. The first-order valence-electron chi connectivity index (χ1n) is 5.64. The second kappa shape index (κ2) is 5.66. The topological polar surface area (TPSA) is 92.4 Å². The minimum atomic E-state index is -1.07. The van der Waals surface area contributed by atoms with Crippen LogP contribution < -0.4 is 5.32 Å². The average Bonchev–Trinajstić information content (AvgIpc) is 3.04. The van der Waals surface area contributed by atoms with Crippen LogP contribution in [0, 0.1) is 0 Å². The molecule has 2 rings (SSSR count). The third-order valence-corrected chi connectivity index (χ3v) is 3.33. The van der Waals surface area contributed by atoms with Gasteiger partial charge in [-0.15, -0.1) is 11.3 Å². The standard InChI is InChI=1S/C12H12N2O4S/c1-2-9-7(3-4-18-9)11(15)13-5-10-14-8(6-19-10)12(16)17/h3-4,6H,2,5H2,1H3,(H,13,15)(H,16,17). The van der Waals surface area contributed by atoms with Gasteiger partial charge in [0.25, 0.3) is 5.91 Å². The Bertz CT molecular complexity index is 602. The number of nitrogens with one attached hydrogen (secondary N) is 1. The smallest absolute Gasteiger partial charge is 0.355 e. The highest BCUT2D eigenvalue weighted by molar-refractivity contribution is 7.09.